The second-order valence-corrected chi connectivity index (χ2v) is 7.27. The van der Waals surface area contributed by atoms with Gasteiger partial charge >= 0.3 is 0 Å². The van der Waals surface area contributed by atoms with Crippen LogP contribution in [0, 0.1) is 17.7 Å². The van der Waals surface area contributed by atoms with Crippen LogP contribution in [0.15, 0.2) is 36.5 Å². The molecule has 2 nitrogen and oxygen atoms in total. The Morgan fingerprint density at radius 1 is 1.35 bits per heavy atom. The summed E-state index contributed by atoms with van der Waals surface area (Å²) >= 11 is 0. The van der Waals surface area contributed by atoms with Crippen LogP contribution >= 0.6 is 0 Å². The molecule has 2 N–H and O–H groups in total. The number of fused-ring (bicyclic) bond motifs is 3. The van der Waals surface area contributed by atoms with Crippen LogP contribution in [0.1, 0.15) is 38.2 Å². The lowest BCUT2D eigenvalue weighted by atomic mass is 9.66. The molecular formula is C20H25FN2. The van der Waals surface area contributed by atoms with Gasteiger partial charge in [-0.2, -0.15) is 0 Å². The Morgan fingerprint density at radius 2 is 2.26 bits per heavy atom. The summed E-state index contributed by atoms with van der Waals surface area (Å²) in [6, 6.07) is 5.00. The Hall–Kier alpha value is -1.61. The van der Waals surface area contributed by atoms with Crippen molar-refractivity contribution in [3.05, 3.63) is 47.9 Å². The van der Waals surface area contributed by atoms with Gasteiger partial charge in [0.2, 0.25) is 0 Å². The number of hydrogen-bond donors (Lipinski definition) is 2. The number of halogens is 1. The molecule has 3 unspecified atom stereocenters. The molecule has 23 heavy (non-hydrogen) atoms. The van der Waals surface area contributed by atoms with E-state index < -0.39 is 0 Å². The Labute approximate surface area is 137 Å². The maximum Gasteiger partial charge on any atom is 0.123 e. The summed E-state index contributed by atoms with van der Waals surface area (Å²) in [5.74, 6) is 1.30. The van der Waals surface area contributed by atoms with E-state index in [0.717, 1.165) is 42.1 Å². The number of nitrogens with one attached hydrogen (secondary N) is 2. The predicted molar refractivity (Wildman–Crippen MR) is 93.0 cm³/mol. The first-order valence-corrected chi connectivity index (χ1v) is 8.90. The van der Waals surface area contributed by atoms with Crippen LogP contribution in [0.5, 0.6) is 0 Å². The third-order valence-corrected chi connectivity index (χ3v) is 5.85. The standard InChI is InChI=1S/C20H25FN2/c1-2-3-16-10-14-6-8-20(16,23-12-14)9-7-15-13-22-19-5-4-17(21)11-18(15)19/h4-6,8,11,13-14,16,22-23H,2-3,7,9-10,12H2,1H3. The molecule has 0 amide bonds. The van der Waals surface area contributed by atoms with E-state index in [1.165, 1.54) is 30.9 Å². The van der Waals surface area contributed by atoms with Crippen molar-refractivity contribution in [2.75, 3.05) is 6.54 Å². The van der Waals surface area contributed by atoms with Gasteiger partial charge in [0.15, 0.2) is 0 Å². The number of aromatic nitrogens is 1. The molecule has 3 aliphatic rings. The van der Waals surface area contributed by atoms with Crippen LogP contribution in [0.25, 0.3) is 10.9 Å². The van der Waals surface area contributed by atoms with E-state index in [1.54, 1.807) is 6.07 Å². The molecule has 1 aromatic carbocycles. The monoisotopic (exact) mass is 312 g/mol. The van der Waals surface area contributed by atoms with E-state index in [-0.39, 0.29) is 11.4 Å². The molecule has 1 aromatic heterocycles. The number of hydrogen-bond acceptors (Lipinski definition) is 1. The summed E-state index contributed by atoms with van der Waals surface area (Å²) in [6.07, 6.45) is 12.8. The number of aryl methyl sites for hydroxylation is 1. The highest BCUT2D eigenvalue weighted by Crippen LogP contribution is 2.42. The van der Waals surface area contributed by atoms with Crippen molar-refractivity contribution in [1.82, 2.24) is 10.3 Å². The van der Waals surface area contributed by atoms with Gasteiger partial charge < -0.3 is 10.3 Å². The lowest BCUT2D eigenvalue weighted by Gasteiger charge is -2.49. The first-order valence-electron chi connectivity index (χ1n) is 8.90. The fourth-order valence-electron chi connectivity index (χ4n) is 4.57. The van der Waals surface area contributed by atoms with Gasteiger partial charge in [-0.15, -0.1) is 0 Å². The van der Waals surface area contributed by atoms with Gasteiger partial charge in [-0.3, -0.25) is 0 Å². The van der Waals surface area contributed by atoms with E-state index in [1.807, 2.05) is 12.3 Å². The number of benzene rings is 1. The van der Waals surface area contributed by atoms with Gasteiger partial charge in [-0.1, -0.05) is 25.5 Å². The number of piperidine rings is 1. The largest absolute Gasteiger partial charge is 0.361 e. The van der Waals surface area contributed by atoms with Crippen molar-refractivity contribution in [3.63, 3.8) is 0 Å². The SMILES string of the molecule is CCCC1CC2C=CC1(CCc1c[nH]c3ccc(F)cc13)NC2. The van der Waals surface area contributed by atoms with Crippen molar-refractivity contribution < 1.29 is 4.39 Å². The first kappa shape index (κ1) is 14.9. The Kier molecular flexibility index (Phi) is 3.76. The number of H-pyrrole nitrogens is 1. The van der Waals surface area contributed by atoms with Crippen molar-refractivity contribution in [2.24, 2.45) is 11.8 Å². The smallest absolute Gasteiger partial charge is 0.123 e. The number of aromatic amines is 1. The molecule has 5 rings (SSSR count). The molecule has 3 heterocycles. The van der Waals surface area contributed by atoms with Gasteiger partial charge in [-0.25, -0.2) is 4.39 Å². The van der Waals surface area contributed by atoms with E-state index >= 15 is 0 Å². The summed E-state index contributed by atoms with van der Waals surface area (Å²) in [6.45, 7) is 3.39. The van der Waals surface area contributed by atoms with Crippen LogP contribution in [0.2, 0.25) is 0 Å². The highest BCUT2D eigenvalue weighted by atomic mass is 19.1. The minimum atomic E-state index is -0.156. The highest BCUT2D eigenvalue weighted by Gasteiger charge is 2.43. The molecule has 1 fully saturated rings. The maximum absolute atomic E-state index is 13.6. The Bertz CT molecular complexity index is 732. The molecule has 0 spiro atoms. The minimum absolute atomic E-state index is 0.141. The van der Waals surface area contributed by atoms with E-state index in [9.17, 15) is 4.39 Å². The minimum Gasteiger partial charge on any atom is -0.361 e. The van der Waals surface area contributed by atoms with Gasteiger partial charge in [0.05, 0.1) is 0 Å². The fraction of sp³-hybridized carbons (Fsp3) is 0.500. The zero-order chi connectivity index (χ0) is 15.9. The average molecular weight is 312 g/mol. The summed E-state index contributed by atoms with van der Waals surface area (Å²) in [4.78, 5) is 3.27. The molecule has 2 aliphatic heterocycles. The van der Waals surface area contributed by atoms with Crippen molar-refractivity contribution in [3.8, 4) is 0 Å². The second kappa shape index (κ2) is 5.79. The fourth-order valence-corrected chi connectivity index (χ4v) is 4.57. The maximum atomic E-state index is 13.6. The summed E-state index contributed by atoms with van der Waals surface area (Å²) in [7, 11) is 0. The molecule has 3 heteroatoms. The van der Waals surface area contributed by atoms with Gasteiger partial charge in [0, 0.05) is 29.2 Å². The van der Waals surface area contributed by atoms with Crippen LogP contribution in [-0.2, 0) is 6.42 Å². The highest BCUT2D eigenvalue weighted by molar-refractivity contribution is 5.83. The summed E-state index contributed by atoms with van der Waals surface area (Å²) in [5, 5.41) is 4.85. The Balaban J connectivity index is 1.58. The third-order valence-electron chi connectivity index (χ3n) is 5.85. The lowest BCUT2D eigenvalue weighted by molar-refractivity contribution is 0.139. The number of rotatable bonds is 5. The average Bonchev–Trinajstić information content (AvgIpc) is 2.97. The molecule has 1 aliphatic carbocycles. The molecule has 3 atom stereocenters. The molecule has 122 valence electrons. The van der Waals surface area contributed by atoms with Crippen molar-refractivity contribution in [2.45, 2.75) is 44.6 Å². The van der Waals surface area contributed by atoms with E-state index in [0.29, 0.717) is 0 Å². The third kappa shape index (κ3) is 2.61. The molecule has 1 saturated heterocycles. The van der Waals surface area contributed by atoms with Crippen LogP contribution < -0.4 is 5.32 Å². The summed E-state index contributed by atoms with van der Waals surface area (Å²) < 4.78 is 13.6. The van der Waals surface area contributed by atoms with Gasteiger partial charge in [-0.05, 0) is 61.3 Å². The lowest BCUT2D eigenvalue weighted by Crippen LogP contribution is -2.58. The van der Waals surface area contributed by atoms with E-state index in [4.69, 9.17) is 0 Å². The van der Waals surface area contributed by atoms with Crippen LogP contribution in [0.3, 0.4) is 0 Å². The van der Waals surface area contributed by atoms with Crippen LogP contribution in [-0.4, -0.2) is 17.1 Å². The quantitative estimate of drug-likeness (QED) is 0.777. The normalized spacial score (nSPS) is 29.5. The summed E-state index contributed by atoms with van der Waals surface area (Å²) in [5.41, 5.74) is 2.40. The predicted octanol–water partition coefficient (Wildman–Crippen LogP) is 4.57. The van der Waals surface area contributed by atoms with Gasteiger partial charge in [0.25, 0.3) is 0 Å². The topological polar surface area (TPSA) is 27.8 Å². The van der Waals surface area contributed by atoms with Crippen molar-refractivity contribution in [1.29, 1.82) is 0 Å². The van der Waals surface area contributed by atoms with E-state index in [2.05, 4.69) is 29.4 Å². The van der Waals surface area contributed by atoms with Crippen LogP contribution in [0.4, 0.5) is 4.39 Å². The zero-order valence-corrected chi connectivity index (χ0v) is 13.7. The molecule has 0 radical (unpaired) electrons. The Morgan fingerprint density at radius 3 is 3.04 bits per heavy atom. The molecule has 2 aromatic rings. The first-order chi connectivity index (χ1) is 11.2. The molecule has 2 bridgehead atoms. The second-order valence-electron chi connectivity index (χ2n) is 7.27. The molecule has 0 saturated carbocycles. The molecular weight excluding hydrogens is 287 g/mol. The van der Waals surface area contributed by atoms with Gasteiger partial charge in [0.1, 0.15) is 5.82 Å². The zero-order valence-electron chi connectivity index (χ0n) is 13.7. The van der Waals surface area contributed by atoms with Crippen molar-refractivity contribution >= 4 is 10.9 Å².